The molecule has 0 radical (unpaired) electrons. The third kappa shape index (κ3) is 4.83. The van der Waals surface area contributed by atoms with Crippen LogP contribution in [0.1, 0.15) is 11.3 Å². The normalized spacial score (nSPS) is 10.9. The molecule has 6 nitrogen and oxygen atoms in total. The van der Waals surface area contributed by atoms with Gasteiger partial charge < -0.3 is 9.73 Å². The van der Waals surface area contributed by atoms with Crippen LogP contribution < -0.4 is 5.32 Å². The lowest BCUT2D eigenvalue weighted by atomic mass is 10.2. The van der Waals surface area contributed by atoms with Crippen LogP contribution in [0.15, 0.2) is 70.4 Å². The van der Waals surface area contributed by atoms with E-state index in [1.807, 2.05) is 47.9 Å². The maximum atomic E-state index is 13.8. The number of benzene rings is 2. The van der Waals surface area contributed by atoms with Crippen molar-refractivity contribution in [2.45, 2.75) is 18.6 Å². The highest BCUT2D eigenvalue weighted by atomic mass is 32.2. The molecule has 2 aromatic heterocycles. The SMILES string of the molecule is Cc1occc1-c1nnc(SCC(=O)Nc2ccc(F)cc2F)n1Cc1ccccc1. The molecule has 2 heterocycles. The van der Waals surface area contributed by atoms with Crippen LogP contribution in [-0.2, 0) is 11.3 Å². The Hall–Kier alpha value is -3.46. The van der Waals surface area contributed by atoms with Crippen LogP contribution in [-0.4, -0.2) is 26.4 Å². The van der Waals surface area contributed by atoms with E-state index in [1.54, 1.807) is 6.26 Å². The summed E-state index contributed by atoms with van der Waals surface area (Å²) in [6, 6.07) is 14.6. The molecule has 0 aliphatic heterocycles. The second-order valence-corrected chi connectivity index (χ2v) is 7.67. The van der Waals surface area contributed by atoms with E-state index in [0.29, 0.717) is 23.3 Å². The predicted octanol–water partition coefficient (Wildman–Crippen LogP) is 4.90. The first kappa shape index (κ1) is 20.8. The van der Waals surface area contributed by atoms with Crippen molar-refractivity contribution in [3.05, 3.63) is 83.8 Å². The molecule has 4 aromatic rings. The summed E-state index contributed by atoms with van der Waals surface area (Å²) in [4.78, 5) is 12.3. The van der Waals surface area contributed by atoms with Crippen LogP contribution in [0.25, 0.3) is 11.4 Å². The van der Waals surface area contributed by atoms with Crippen molar-refractivity contribution in [1.29, 1.82) is 0 Å². The third-order valence-corrected chi connectivity index (χ3v) is 5.50. The van der Waals surface area contributed by atoms with Gasteiger partial charge in [0, 0.05) is 6.07 Å². The number of anilines is 1. The average Bonchev–Trinajstić information content (AvgIpc) is 3.35. The Morgan fingerprint density at radius 2 is 1.94 bits per heavy atom. The quantitative estimate of drug-likeness (QED) is 0.414. The van der Waals surface area contributed by atoms with Crippen LogP contribution in [0.4, 0.5) is 14.5 Å². The van der Waals surface area contributed by atoms with Gasteiger partial charge in [-0.15, -0.1) is 10.2 Å². The molecule has 0 spiro atoms. The molecule has 0 saturated heterocycles. The Labute approximate surface area is 181 Å². The minimum atomic E-state index is -0.830. The molecule has 1 N–H and O–H groups in total. The number of carbonyl (C=O) groups is 1. The van der Waals surface area contributed by atoms with Gasteiger partial charge in [0.2, 0.25) is 5.91 Å². The van der Waals surface area contributed by atoms with Crippen molar-refractivity contribution in [1.82, 2.24) is 14.8 Å². The number of nitrogens with one attached hydrogen (secondary N) is 1. The summed E-state index contributed by atoms with van der Waals surface area (Å²) >= 11 is 1.18. The number of aromatic nitrogens is 3. The van der Waals surface area contributed by atoms with Gasteiger partial charge in [0.25, 0.3) is 0 Å². The highest BCUT2D eigenvalue weighted by molar-refractivity contribution is 7.99. The number of hydrogen-bond donors (Lipinski definition) is 1. The van der Waals surface area contributed by atoms with E-state index in [0.717, 1.165) is 23.3 Å². The lowest BCUT2D eigenvalue weighted by Crippen LogP contribution is -2.16. The van der Waals surface area contributed by atoms with Crippen LogP contribution in [0.3, 0.4) is 0 Å². The fourth-order valence-electron chi connectivity index (χ4n) is 3.03. The highest BCUT2D eigenvalue weighted by Gasteiger charge is 2.19. The zero-order valence-electron chi connectivity index (χ0n) is 16.5. The molecular formula is C22H18F2N4O2S. The summed E-state index contributed by atoms with van der Waals surface area (Å²) in [6.45, 7) is 2.35. The van der Waals surface area contributed by atoms with Crippen LogP contribution >= 0.6 is 11.8 Å². The van der Waals surface area contributed by atoms with Crippen molar-refractivity contribution in [3.63, 3.8) is 0 Å². The molecule has 0 saturated carbocycles. The minimum Gasteiger partial charge on any atom is -0.469 e. The molecule has 0 atom stereocenters. The van der Waals surface area contributed by atoms with E-state index in [9.17, 15) is 13.6 Å². The van der Waals surface area contributed by atoms with Gasteiger partial charge in [0.15, 0.2) is 11.0 Å². The molecule has 0 aliphatic carbocycles. The Balaban J connectivity index is 1.54. The molecule has 0 fully saturated rings. The lowest BCUT2D eigenvalue weighted by molar-refractivity contribution is -0.113. The van der Waals surface area contributed by atoms with Crippen molar-refractivity contribution in [2.75, 3.05) is 11.1 Å². The molecule has 9 heteroatoms. The van der Waals surface area contributed by atoms with E-state index >= 15 is 0 Å². The molecule has 1 amide bonds. The number of aryl methyl sites for hydroxylation is 1. The number of rotatable bonds is 7. The number of nitrogens with zero attached hydrogens (tertiary/aromatic N) is 3. The highest BCUT2D eigenvalue weighted by Crippen LogP contribution is 2.28. The molecule has 0 unspecified atom stereocenters. The first-order valence-corrected chi connectivity index (χ1v) is 10.4. The summed E-state index contributed by atoms with van der Waals surface area (Å²) in [5, 5.41) is 11.5. The van der Waals surface area contributed by atoms with Gasteiger partial charge in [0.05, 0.1) is 29.8 Å². The molecule has 2 aromatic carbocycles. The molecule has 0 bridgehead atoms. The van der Waals surface area contributed by atoms with Gasteiger partial charge in [-0.05, 0) is 30.7 Å². The fraction of sp³-hybridized carbons (Fsp3) is 0.136. The Kier molecular flexibility index (Phi) is 6.13. The van der Waals surface area contributed by atoms with Gasteiger partial charge in [-0.3, -0.25) is 9.36 Å². The smallest absolute Gasteiger partial charge is 0.234 e. The van der Waals surface area contributed by atoms with E-state index in [1.165, 1.54) is 17.8 Å². The first-order valence-electron chi connectivity index (χ1n) is 9.40. The molecule has 158 valence electrons. The number of furan rings is 1. The van der Waals surface area contributed by atoms with Crippen LogP contribution in [0.2, 0.25) is 0 Å². The van der Waals surface area contributed by atoms with Gasteiger partial charge in [-0.2, -0.15) is 0 Å². The van der Waals surface area contributed by atoms with Crippen molar-refractivity contribution in [2.24, 2.45) is 0 Å². The predicted molar refractivity (Wildman–Crippen MR) is 114 cm³/mol. The molecule has 4 rings (SSSR count). The maximum absolute atomic E-state index is 13.8. The van der Waals surface area contributed by atoms with Crippen molar-refractivity contribution < 1.29 is 18.0 Å². The molecule has 0 aliphatic rings. The Morgan fingerprint density at radius 3 is 2.65 bits per heavy atom. The summed E-state index contributed by atoms with van der Waals surface area (Å²) in [5.41, 5.74) is 1.78. The second-order valence-electron chi connectivity index (χ2n) is 6.73. The lowest BCUT2D eigenvalue weighted by Gasteiger charge is -2.10. The molecular weight excluding hydrogens is 422 g/mol. The van der Waals surface area contributed by atoms with Crippen LogP contribution in [0, 0.1) is 18.6 Å². The Bertz CT molecular complexity index is 1210. The van der Waals surface area contributed by atoms with Crippen molar-refractivity contribution >= 4 is 23.4 Å². The number of amides is 1. The van der Waals surface area contributed by atoms with Gasteiger partial charge >= 0.3 is 0 Å². The van der Waals surface area contributed by atoms with Crippen molar-refractivity contribution in [3.8, 4) is 11.4 Å². The van der Waals surface area contributed by atoms with E-state index < -0.39 is 17.5 Å². The number of thioether (sulfide) groups is 1. The van der Waals surface area contributed by atoms with Gasteiger partial charge in [-0.25, -0.2) is 8.78 Å². The summed E-state index contributed by atoms with van der Waals surface area (Å²) in [5.74, 6) is -0.658. The topological polar surface area (TPSA) is 72.9 Å². The summed E-state index contributed by atoms with van der Waals surface area (Å²) in [6.07, 6.45) is 1.59. The zero-order chi connectivity index (χ0) is 21.8. The van der Waals surface area contributed by atoms with Crippen LogP contribution in [0.5, 0.6) is 0 Å². The largest absolute Gasteiger partial charge is 0.469 e. The zero-order valence-corrected chi connectivity index (χ0v) is 17.3. The summed E-state index contributed by atoms with van der Waals surface area (Å²) in [7, 11) is 0. The van der Waals surface area contributed by atoms with Gasteiger partial charge in [-0.1, -0.05) is 42.1 Å². The summed E-state index contributed by atoms with van der Waals surface area (Å²) < 4.78 is 34.1. The van der Waals surface area contributed by atoms with E-state index in [2.05, 4.69) is 15.5 Å². The number of halogens is 2. The first-order chi connectivity index (χ1) is 15.0. The number of carbonyl (C=O) groups excluding carboxylic acids is 1. The minimum absolute atomic E-state index is 0.0197. The standard InChI is InChI=1S/C22H18F2N4O2S/c1-14-17(9-10-30-14)21-26-27-22(28(21)12-15-5-3-2-4-6-15)31-13-20(29)25-19-8-7-16(23)11-18(19)24/h2-11H,12-13H2,1H3,(H,25,29). The Morgan fingerprint density at radius 1 is 1.13 bits per heavy atom. The fourth-order valence-corrected chi connectivity index (χ4v) is 3.77. The van der Waals surface area contributed by atoms with E-state index in [-0.39, 0.29) is 11.4 Å². The average molecular weight is 440 g/mol. The second kappa shape index (κ2) is 9.13. The maximum Gasteiger partial charge on any atom is 0.234 e. The molecule has 31 heavy (non-hydrogen) atoms. The monoisotopic (exact) mass is 440 g/mol. The van der Waals surface area contributed by atoms with Gasteiger partial charge in [0.1, 0.15) is 17.4 Å². The van der Waals surface area contributed by atoms with E-state index in [4.69, 9.17) is 4.42 Å². The third-order valence-electron chi connectivity index (χ3n) is 4.54. The number of hydrogen-bond acceptors (Lipinski definition) is 5.